The van der Waals surface area contributed by atoms with Crippen molar-refractivity contribution in [2.45, 2.75) is 44.8 Å². The lowest BCUT2D eigenvalue weighted by molar-refractivity contribution is 0.0731. The number of piperidine rings is 1. The van der Waals surface area contributed by atoms with Crippen LogP contribution in [0.2, 0.25) is 0 Å². The minimum Gasteiger partial charge on any atom is -0.393 e. The topological polar surface area (TPSA) is 65.5 Å². The van der Waals surface area contributed by atoms with Crippen LogP contribution in [0, 0.1) is 11.8 Å². The van der Waals surface area contributed by atoms with E-state index in [9.17, 15) is 9.90 Å². The van der Waals surface area contributed by atoms with Crippen molar-refractivity contribution in [1.82, 2.24) is 15.2 Å². The fraction of sp³-hybridized carbons (Fsp3) is 0.733. The number of nitrogens with zero attached hydrogens (tertiary/aromatic N) is 2. The van der Waals surface area contributed by atoms with E-state index in [1.807, 2.05) is 17.2 Å². The molecule has 2 amide bonds. The van der Waals surface area contributed by atoms with Gasteiger partial charge < -0.3 is 15.3 Å². The van der Waals surface area contributed by atoms with Crippen LogP contribution in [0.5, 0.6) is 0 Å². The van der Waals surface area contributed by atoms with Crippen LogP contribution >= 0.6 is 11.3 Å². The molecule has 3 atom stereocenters. The minimum absolute atomic E-state index is 0.00699. The number of carbonyl (C=O) groups excluding carboxylic acids is 1. The predicted octanol–water partition coefficient (Wildman–Crippen LogP) is 2.40. The summed E-state index contributed by atoms with van der Waals surface area (Å²) in [7, 11) is 0. The molecule has 21 heavy (non-hydrogen) atoms. The van der Waals surface area contributed by atoms with Crippen molar-refractivity contribution in [3.63, 3.8) is 0 Å². The molecule has 3 unspecified atom stereocenters. The highest BCUT2D eigenvalue weighted by Crippen LogP contribution is 2.41. The van der Waals surface area contributed by atoms with E-state index in [4.69, 9.17) is 0 Å². The van der Waals surface area contributed by atoms with Crippen LogP contribution in [0.4, 0.5) is 4.79 Å². The third-order valence-electron chi connectivity index (χ3n) is 4.52. The second-order valence-electron chi connectivity index (χ2n) is 6.22. The largest absolute Gasteiger partial charge is 0.393 e. The van der Waals surface area contributed by atoms with Gasteiger partial charge in [0, 0.05) is 30.6 Å². The molecule has 1 aliphatic carbocycles. The van der Waals surface area contributed by atoms with Gasteiger partial charge in [-0.3, -0.25) is 0 Å². The Balaban J connectivity index is 1.62. The first-order valence-corrected chi connectivity index (χ1v) is 8.66. The number of carbonyl (C=O) groups is 1. The van der Waals surface area contributed by atoms with E-state index in [1.165, 1.54) is 12.8 Å². The van der Waals surface area contributed by atoms with Gasteiger partial charge in [0.2, 0.25) is 0 Å². The highest BCUT2D eigenvalue weighted by atomic mass is 32.1. The van der Waals surface area contributed by atoms with E-state index in [1.54, 1.807) is 17.5 Å². The molecule has 0 spiro atoms. The number of thiazole rings is 1. The average Bonchev–Trinajstić information content (AvgIpc) is 3.18. The Morgan fingerprint density at radius 3 is 2.90 bits per heavy atom. The second kappa shape index (κ2) is 6.32. The summed E-state index contributed by atoms with van der Waals surface area (Å²) >= 11 is 1.61. The Kier molecular flexibility index (Phi) is 4.45. The summed E-state index contributed by atoms with van der Waals surface area (Å²) in [6.07, 6.45) is 5.75. The maximum absolute atomic E-state index is 12.5. The Hall–Kier alpha value is -1.14. The molecule has 2 N–H and O–H groups in total. The zero-order chi connectivity index (χ0) is 14.8. The summed E-state index contributed by atoms with van der Waals surface area (Å²) in [6, 6.07) is 0.0527. The molecule has 116 valence electrons. The van der Waals surface area contributed by atoms with Gasteiger partial charge in [-0.2, -0.15) is 0 Å². The van der Waals surface area contributed by atoms with Crippen molar-refractivity contribution in [2.75, 3.05) is 13.1 Å². The average molecular weight is 309 g/mol. The molecule has 0 radical (unpaired) electrons. The van der Waals surface area contributed by atoms with Crippen molar-refractivity contribution < 1.29 is 9.90 Å². The summed E-state index contributed by atoms with van der Waals surface area (Å²) in [5.41, 5.74) is 0. The van der Waals surface area contributed by atoms with Crippen molar-refractivity contribution in [1.29, 1.82) is 0 Å². The second-order valence-corrected chi connectivity index (χ2v) is 7.15. The van der Waals surface area contributed by atoms with Crippen molar-refractivity contribution >= 4 is 17.4 Å². The van der Waals surface area contributed by atoms with Crippen LogP contribution in [-0.4, -0.2) is 40.2 Å². The summed E-state index contributed by atoms with van der Waals surface area (Å²) in [5.74, 6) is 0.737. The van der Waals surface area contributed by atoms with Crippen LogP contribution < -0.4 is 5.32 Å². The molecule has 2 heterocycles. The zero-order valence-corrected chi connectivity index (χ0v) is 13.2. The van der Waals surface area contributed by atoms with Gasteiger partial charge in [-0.25, -0.2) is 9.78 Å². The molecule has 2 fully saturated rings. The van der Waals surface area contributed by atoms with Gasteiger partial charge in [0.05, 0.1) is 12.1 Å². The minimum atomic E-state index is -0.348. The lowest BCUT2D eigenvalue weighted by Gasteiger charge is -2.35. The van der Waals surface area contributed by atoms with Crippen LogP contribution in [0.15, 0.2) is 11.6 Å². The van der Waals surface area contributed by atoms with Crippen LogP contribution in [0.3, 0.4) is 0 Å². The number of likely N-dealkylation sites (tertiary alicyclic amines) is 1. The summed E-state index contributed by atoms with van der Waals surface area (Å²) in [6.45, 7) is 3.25. The molecule has 1 aromatic heterocycles. The smallest absolute Gasteiger partial charge is 0.317 e. The van der Waals surface area contributed by atoms with Gasteiger partial charge in [-0.05, 0) is 38.5 Å². The predicted molar refractivity (Wildman–Crippen MR) is 82.1 cm³/mol. The first-order valence-electron chi connectivity index (χ1n) is 7.78. The number of urea groups is 1. The molecule has 1 aromatic rings. The Morgan fingerprint density at radius 1 is 1.48 bits per heavy atom. The fourth-order valence-electron chi connectivity index (χ4n) is 3.01. The molecule has 5 nitrogen and oxygen atoms in total. The first-order chi connectivity index (χ1) is 10.1. The summed E-state index contributed by atoms with van der Waals surface area (Å²) < 4.78 is 0. The summed E-state index contributed by atoms with van der Waals surface area (Å²) in [5, 5.41) is 15.9. The SMILES string of the molecule is CC(O)C1CCCN(C(=O)NC(c2nccs2)C2CC2)C1. The molecular formula is C15H23N3O2S. The maximum atomic E-state index is 12.5. The highest BCUT2D eigenvalue weighted by Gasteiger charge is 2.36. The Morgan fingerprint density at radius 2 is 2.29 bits per heavy atom. The number of hydrogen-bond donors (Lipinski definition) is 2. The van der Waals surface area contributed by atoms with E-state index in [0.29, 0.717) is 12.5 Å². The van der Waals surface area contributed by atoms with E-state index in [0.717, 1.165) is 24.4 Å². The lowest BCUT2D eigenvalue weighted by atomic mass is 9.94. The molecule has 0 aromatic carbocycles. The monoisotopic (exact) mass is 309 g/mol. The van der Waals surface area contributed by atoms with E-state index < -0.39 is 0 Å². The quantitative estimate of drug-likeness (QED) is 0.897. The lowest BCUT2D eigenvalue weighted by Crippen LogP contribution is -2.48. The van der Waals surface area contributed by atoms with Crippen LogP contribution in [0.1, 0.15) is 43.7 Å². The number of aromatic nitrogens is 1. The number of nitrogens with one attached hydrogen (secondary N) is 1. The molecule has 1 saturated carbocycles. The molecule has 2 aliphatic rings. The van der Waals surface area contributed by atoms with Gasteiger partial charge in [-0.1, -0.05) is 0 Å². The number of amides is 2. The number of hydrogen-bond acceptors (Lipinski definition) is 4. The molecule has 6 heteroatoms. The van der Waals surface area contributed by atoms with Gasteiger partial charge in [0.15, 0.2) is 0 Å². The molecule has 1 saturated heterocycles. The highest BCUT2D eigenvalue weighted by molar-refractivity contribution is 7.09. The molecule has 3 rings (SSSR count). The Labute approximate surface area is 129 Å². The number of aliphatic hydroxyl groups is 1. The number of aliphatic hydroxyl groups excluding tert-OH is 1. The van der Waals surface area contributed by atoms with E-state index in [2.05, 4.69) is 10.3 Å². The van der Waals surface area contributed by atoms with Gasteiger partial charge >= 0.3 is 6.03 Å². The van der Waals surface area contributed by atoms with Gasteiger partial charge in [0.25, 0.3) is 0 Å². The third-order valence-corrected chi connectivity index (χ3v) is 5.38. The standard InChI is InChI=1S/C15H23N3O2S/c1-10(19)12-3-2-7-18(9-12)15(20)17-13(11-4-5-11)14-16-6-8-21-14/h6,8,10-13,19H,2-5,7,9H2,1H3,(H,17,20). The zero-order valence-electron chi connectivity index (χ0n) is 12.4. The van der Waals surface area contributed by atoms with Crippen molar-refractivity contribution in [3.8, 4) is 0 Å². The summed E-state index contributed by atoms with van der Waals surface area (Å²) in [4.78, 5) is 18.7. The van der Waals surface area contributed by atoms with Crippen LogP contribution in [-0.2, 0) is 0 Å². The van der Waals surface area contributed by atoms with E-state index in [-0.39, 0.29) is 24.1 Å². The molecule has 0 bridgehead atoms. The number of rotatable bonds is 4. The first kappa shape index (κ1) is 14.8. The normalized spacial score (nSPS) is 25.4. The van der Waals surface area contributed by atoms with Gasteiger partial charge in [0.1, 0.15) is 5.01 Å². The van der Waals surface area contributed by atoms with Crippen LogP contribution in [0.25, 0.3) is 0 Å². The fourth-order valence-corrected chi connectivity index (χ4v) is 3.79. The third kappa shape index (κ3) is 3.55. The molecule has 1 aliphatic heterocycles. The Bertz CT molecular complexity index is 473. The van der Waals surface area contributed by atoms with Crippen molar-refractivity contribution in [3.05, 3.63) is 16.6 Å². The van der Waals surface area contributed by atoms with Crippen molar-refractivity contribution in [2.24, 2.45) is 11.8 Å². The maximum Gasteiger partial charge on any atom is 0.317 e. The molecular weight excluding hydrogens is 286 g/mol. The van der Waals surface area contributed by atoms with Gasteiger partial charge in [-0.15, -0.1) is 11.3 Å². The van der Waals surface area contributed by atoms with E-state index >= 15 is 0 Å².